The first kappa shape index (κ1) is 28.4. The Labute approximate surface area is 243 Å². The molecule has 10 heteroatoms. The highest BCUT2D eigenvalue weighted by Gasteiger charge is 2.61. The largest absolute Gasteiger partial charge is 0.481 e. The van der Waals surface area contributed by atoms with E-state index < -0.39 is 34.5 Å². The number of imide groups is 1. The van der Waals surface area contributed by atoms with Gasteiger partial charge in [-0.15, -0.1) is 0 Å². The monoisotopic (exact) mass is 585 g/mol. The number of hydrogen-bond donors (Lipinski definition) is 3. The molecule has 0 unspecified atom stereocenters. The third-order valence-electron chi connectivity index (χ3n) is 8.73. The lowest BCUT2D eigenvalue weighted by Gasteiger charge is -2.48. The zero-order valence-electron chi connectivity index (χ0n) is 22.7. The molecule has 4 amide bonds. The molecule has 1 saturated carbocycles. The molecule has 2 aromatic rings. The Balaban J connectivity index is 1.65. The van der Waals surface area contributed by atoms with Crippen LogP contribution < -0.4 is 10.6 Å². The van der Waals surface area contributed by atoms with E-state index in [1.54, 1.807) is 39.0 Å². The zero-order chi connectivity index (χ0) is 29.0. The number of hydrogen-bond acceptors (Lipinski definition) is 4. The zero-order valence-corrected chi connectivity index (χ0v) is 24.2. The van der Waals surface area contributed by atoms with Gasteiger partial charge in [0.25, 0.3) is 5.91 Å². The van der Waals surface area contributed by atoms with Gasteiger partial charge in [-0.2, -0.15) is 0 Å². The second-order valence-corrected chi connectivity index (χ2v) is 13.1. The second-order valence-electron chi connectivity index (χ2n) is 12.2. The molecule has 2 saturated heterocycles. The van der Waals surface area contributed by atoms with Crippen molar-refractivity contribution in [2.75, 3.05) is 0 Å². The maximum absolute atomic E-state index is 13.8. The predicted molar refractivity (Wildman–Crippen MR) is 151 cm³/mol. The first-order valence-electron chi connectivity index (χ1n) is 13.5. The van der Waals surface area contributed by atoms with Crippen molar-refractivity contribution >= 4 is 47.0 Å². The Bertz CT molecular complexity index is 1380. The van der Waals surface area contributed by atoms with Crippen LogP contribution >= 0.6 is 23.2 Å². The third-order valence-corrected chi connectivity index (χ3v) is 9.21. The van der Waals surface area contributed by atoms with Crippen LogP contribution in [-0.2, 0) is 19.9 Å². The van der Waals surface area contributed by atoms with E-state index in [4.69, 9.17) is 23.2 Å². The number of aliphatic carboxylic acids is 1. The Morgan fingerprint density at radius 1 is 1.05 bits per heavy atom. The maximum Gasteiger partial charge on any atom is 0.325 e. The number of carbonyl (C=O) groups excluding carboxylic acids is 3. The summed E-state index contributed by atoms with van der Waals surface area (Å²) in [5, 5.41) is 16.6. The first-order valence-corrected chi connectivity index (χ1v) is 14.2. The van der Waals surface area contributed by atoms with Crippen LogP contribution in [0.1, 0.15) is 69.9 Å². The van der Waals surface area contributed by atoms with Crippen molar-refractivity contribution in [3.8, 4) is 0 Å². The van der Waals surface area contributed by atoms with Crippen LogP contribution in [0.4, 0.5) is 4.79 Å². The highest BCUT2D eigenvalue weighted by Crippen LogP contribution is 2.56. The summed E-state index contributed by atoms with van der Waals surface area (Å²) >= 11 is 12.6. The summed E-state index contributed by atoms with van der Waals surface area (Å²) in [4.78, 5) is 54.0. The van der Waals surface area contributed by atoms with E-state index in [0.717, 1.165) is 24.0 Å². The van der Waals surface area contributed by atoms with Gasteiger partial charge in [-0.05, 0) is 80.8 Å². The van der Waals surface area contributed by atoms with Gasteiger partial charge < -0.3 is 15.7 Å². The molecule has 40 heavy (non-hydrogen) atoms. The number of nitrogens with zero attached hydrogens (tertiary/aromatic N) is 1. The van der Waals surface area contributed by atoms with Crippen molar-refractivity contribution in [3.63, 3.8) is 0 Å². The minimum absolute atomic E-state index is 0.0264. The third kappa shape index (κ3) is 4.96. The molecule has 8 nitrogen and oxygen atoms in total. The topological polar surface area (TPSA) is 116 Å². The van der Waals surface area contributed by atoms with Crippen molar-refractivity contribution in [3.05, 3.63) is 69.7 Å². The van der Waals surface area contributed by atoms with Gasteiger partial charge in [0.2, 0.25) is 5.91 Å². The molecule has 3 N–H and O–H groups in total. The van der Waals surface area contributed by atoms with Crippen LogP contribution in [0.3, 0.4) is 0 Å². The van der Waals surface area contributed by atoms with E-state index in [1.807, 2.05) is 30.3 Å². The van der Waals surface area contributed by atoms with Gasteiger partial charge >= 0.3 is 12.0 Å². The van der Waals surface area contributed by atoms with E-state index >= 15 is 0 Å². The van der Waals surface area contributed by atoms with Crippen LogP contribution in [-0.4, -0.2) is 45.4 Å². The fraction of sp³-hybridized carbons (Fsp3) is 0.467. The molecule has 3 aliphatic rings. The van der Waals surface area contributed by atoms with E-state index in [1.165, 1.54) is 4.90 Å². The van der Waals surface area contributed by atoms with Gasteiger partial charge in [-0.1, -0.05) is 54.4 Å². The standard InChI is InChI=1S/C30H33Cl2N3O5/c1-28(2)26(39)35(27(40)34-28)30(18-7-8-18,19-9-11-20(31)12-10-19)15-23-22(17-5-4-6-21(32)13-17)14-29(3,16-24(36)37)25(38)33-23/h4-6,9-13,18,22-23H,7-8,14-16H2,1-3H3,(H,33,38)(H,34,40)(H,36,37)/t22-,23+,29+,30+/m1/s1. The van der Waals surface area contributed by atoms with Gasteiger partial charge in [0, 0.05) is 22.0 Å². The molecule has 5 rings (SSSR count). The van der Waals surface area contributed by atoms with E-state index in [2.05, 4.69) is 10.6 Å². The van der Waals surface area contributed by atoms with Crippen molar-refractivity contribution in [1.82, 2.24) is 15.5 Å². The molecule has 0 radical (unpaired) electrons. The average Bonchev–Trinajstić information content (AvgIpc) is 3.68. The molecule has 2 heterocycles. The van der Waals surface area contributed by atoms with E-state index in [-0.39, 0.29) is 42.9 Å². The minimum atomic E-state index is -1.15. The molecule has 0 spiro atoms. The molecule has 2 aliphatic heterocycles. The summed E-state index contributed by atoms with van der Waals surface area (Å²) in [7, 11) is 0. The predicted octanol–water partition coefficient (Wildman–Crippen LogP) is 5.47. The van der Waals surface area contributed by atoms with Crippen molar-refractivity contribution in [1.29, 1.82) is 0 Å². The van der Waals surface area contributed by atoms with Crippen LogP contribution in [0.2, 0.25) is 10.0 Å². The Hall–Kier alpha value is -3.10. The lowest BCUT2D eigenvalue weighted by atomic mass is 9.66. The number of benzene rings is 2. The number of amides is 4. The van der Waals surface area contributed by atoms with Crippen molar-refractivity contribution in [2.45, 2.75) is 75.9 Å². The Kier molecular flexibility index (Phi) is 7.16. The number of nitrogens with one attached hydrogen (secondary N) is 2. The van der Waals surface area contributed by atoms with Gasteiger partial charge in [0.1, 0.15) is 5.54 Å². The summed E-state index contributed by atoms with van der Waals surface area (Å²) in [6.07, 6.45) is 1.80. The molecule has 3 fully saturated rings. The molecule has 0 bridgehead atoms. The number of urea groups is 1. The van der Waals surface area contributed by atoms with Crippen LogP contribution in [0.25, 0.3) is 0 Å². The maximum atomic E-state index is 13.8. The number of carboxylic acids is 1. The number of carbonyl (C=O) groups is 4. The lowest BCUT2D eigenvalue weighted by molar-refractivity contribution is -0.148. The number of carboxylic acid groups (broad SMARTS) is 1. The second kappa shape index (κ2) is 10.1. The summed E-state index contributed by atoms with van der Waals surface area (Å²) in [5.74, 6) is -2.11. The van der Waals surface area contributed by atoms with Crippen LogP contribution in [0.5, 0.6) is 0 Å². The Morgan fingerprint density at radius 2 is 1.73 bits per heavy atom. The molecular formula is C30H33Cl2N3O5. The highest BCUT2D eigenvalue weighted by molar-refractivity contribution is 6.30. The molecule has 1 aliphatic carbocycles. The van der Waals surface area contributed by atoms with Crippen molar-refractivity contribution in [2.24, 2.45) is 11.3 Å². The molecular weight excluding hydrogens is 553 g/mol. The van der Waals surface area contributed by atoms with Gasteiger partial charge in [0.15, 0.2) is 0 Å². The molecule has 2 aromatic carbocycles. The molecule has 212 valence electrons. The highest BCUT2D eigenvalue weighted by atomic mass is 35.5. The fourth-order valence-electron chi connectivity index (χ4n) is 6.60. The summed E-state index contributed by atoms with van der Waals surface area (Å²) in [6, 6.07) is 13.5. The summed E-state index contributed by atoms with van der Waals surface area (Å²) in [5.41, 5.74) is -1.69. The number of halogens is 2. The smallest absolute Gasteiger partial charge is 0.325 e. The SMILES string of the molecule is CC1(C)NC(=O)N([C@](C[C@@H]2NC(=O)[C@](C)(CC(=O)O)C[C@@H]2c2cccc(Cl)c2)(c2ccc(Cl)cc2)C2CC2)C1=O. The summed E-state index contributed by atoms with van der Waals surface area (Å²) < 4.78 is 0. The minimum Gasteiger partial charge on any atom is -0.481 e. The first-order chi connectivity index (χ1) is 18.8. The Morgan fingerprint density at radius 3 is 2.27 bits per heavy atom. The average molecular weight is 587 g/mol. The van der Waals surface area contributed by atoms with Crippen LogP contribution in [0.15, 0.2) is 48.5 Å². The summed E-state index contributed by atoms with van der Waals surface area (Å²) in [6.45, 7) is 5.03. The molecule has 0 aromatic heterocycles. The van der Waals surface area contributed by atoms with Crippen molar-refractivity contribution < 1.29 is 24.3 Å². The molecule has 4 atom stereocenters. The lowest BCUT2D eigenvalue weighted by Crippen LogP contribution is -2.60. The fourth-order valence-corrected chi connectivity index (χ4v) is 6.92. The van der Waals surface area contributed by atoms with Gasteiger partial charge in [0.05, 0.1) is 17.4 Å². The normalized spacial score (nSPS) is 27.6. The number of piperidine rings is 1. The van der Waals surface area contributed by atoms with Gasteiger partial charge in [-0.25, -0.2) is 4.79 Å². The van der Waals surface area contributed by atoms with Crippen LogP contribution in [0, 0.1) is 11.3 Å². The number of rotatable bonds is 8. The van der Waals surface area contributed by atoms with E-state index in [0.29, 0.717) is 10.0 Å². The van der Waals surface area contributed by atoms with Gasteiger partial charge in [-0.3, -0.25) is 19.3 Å². The quantitative estimate of drug-likeness (QED) is 0.355. The van der Waals surface area contributed by atoms with E-state index in [9.17, 15) is 24.3 Å².